The molecule has 0 radical (unpaired) electrons. The van der Waals surface area contributed by atoms with Gasteiger partial charge in [-0.2, -0.15) is 0 Å². The maximum Gasteiger partial charge on any atom is 0.413 e. The van der Waals surface area contributed by atoms with Crippen LogP contribution < -0.4 is 20.9 Å². The highest BCUT2D eigenvalue weighted by Crippen LogP contribution is 2.20. The second-order valence-corrected chi connectivity index (χ2v) is 6.42. The second kappa shape index (κ2) is 8.60. The first-order valence-electron chi connectivity index (χ1n) is 9.12. The molecule has 30 heavy (non-hydrogen) atoms. The number of ether oxygens (including phenoxy) is 2. The zero-order valence-electron chi connectivity index (χ0n) is 16.7. The third-order valence-corrected chi connectivity index (χ3v) is 4.40. The molecule has 10 heteroatoms. The largest absolute Gasteiger partial charge is 0.452 e. The van der Waals surface area contributed by atoms with Gasteiger partial charge < -0.3 is 9.47 Å². The van der Waals surface area contributed by atoms with Crippen LogP contribution in [0.15, 0.2) is 46.1 Å². The molecule has 3 rings (SSSR count). The van der Waals surface area contributed by atoms with Crippen molar-refractivity contribution in [3.63, 3.8) is 0 Å². The monoisotopic (exact) mass is 412 g/mol. The Kier molecular flexibility index (Phi) is 5.95. The van der Waals surface area contributed by atoms with E-state index in [4.69, 9.17) is 4.74 Å². The topological polar surface area (TPSA) is 124 Å². The molecule has 1 amide bonds. The number of carbonyl (C=O) groups excluding carboxylic acids is 2. The van der Waals surface area contributed by atoms with E-state index in [1.54, 1.807) is 19.2 Å². The van der Waals surface area contributed by atoms with Gasteiger partial charge in [-0.05, 0) is 36.8 Å². The fourth-order valence-electron chi connectivity index (χ4n) is 2.86. The van der Waals surface area contributed by atoms with Crippen LogP contribution in [0.25, 0.3) is 11.0 Å². The van der Waals surface area contributed by atoms with Crippen molar-refractivity contribution in [3.8, 4) is 5.75 Å². The van der Waals surface area contributed by atoms with Crippen LogP contribution in [0, 0.1) is 0 Å². The summed E-state index contributed by atoms with van der Waals surface area (Å²) in [5, 5.41) is 0.118. The number of benzene rings is 1. The first kappa shape index (κ1) is 20.8. The van der Waals surface area contributed by atoms with Crippen LogP contribution in [0.2, 0.25) is 0 Å². The summed E-state index contributed by atoms with van der Waals surface area (Å²) in [6, 6.07) is 7.56. The number of amides is 1. The molecule has 0 saturated carbocycles. The Morgan fingerprint density at radius 2 is 1.90 bits per heavy atom. The molecule has 0 unspecified atom stereocenters. The lowest BCUT2D eigenvalue weighted by atomic mass is 10.2. The lowest BCUT2D eigenvalue weighted by Crippen LogP contribution is -2.31. The van der Waals surface area contributed by atoms with Gasteiger partial charge in [-0.25, -0.2) is 19.4 Å². The van der Waals surface area contributed by atoms with E-state index in [9.17, 15) is 19.2 Å². The van der Waals surface area contributed by atoms with Crippen molar-refractivity contribution in [3.05, 3.63) is 62.9 Å². The van der Waals surface area contributed by atoms with Gasteiger partial charge in [-0.1, -0.05) is 6.92 Å². The molecule has 0 aliphatic heterocycles. The van der Waals surface area contributed by atoms with Gasteiger partial charge in [-0.15, -0.1) is 0 Å². The molecule has 0 spiro atoms. The van der Waals surface area contributed by atoms with Crippen LogP contribution in [-0.2, 0) is 11.3 Å². The van der Waals surface area contributed by atoms with Crippen LogP contribution in [-0.4, -0.2) is 40.8 Å². The van der Waals surface area contributed by atoms with E-state index in [1.165, 1.54) is 41.0 Å². The average Bonchev–Trinajstić information content (AvgIpc) is 2.75. The highest BCUT2D eigenvalue weighted by molar-refractivity contribution is 5.94. The number of methoxy groups -OCH3 is 1. The Balaban J connectivity index is 1.86. The first-order chi connectivity index (χ1) is 14.3. The van der Waals surface area contributed by atoms with Crippen LogP contribution in [0.4, 0.5) is 10.5 Å². The molecule has 2 aromatic heterocycles. The summed E-state index contributed by atoms with van der Waals surface area (Å²) >= 11 is 0. The molecule has 0 fully saturated rings. The van der Waals surface area contributed by atoms with Crippen LogP contribution in [0.1, 0.15) is 23.7 Å². The molecular weight excluding hydrogens is 392 g/mol. The first-order valence-corrected chi connectivity index (χ1v) is 9.12. The number of esters is 1. The van der Waals surface area contributed by atoms with Crippen LogP contribution in [0.5, 0.6) is 5.75 Å². The predicted molar refractivity (Wildman–Crippen MR) is 109 cm³/mol. The molecule has 156 valence electrons. The Hall–Kier alpha value is -3.95. The number of hydrogen-bond donors (Lipinski definition) is 1. The Morgan fingerprint density at radius 1 is 1.20 bits per heavy atom. The van der Waals surface area contributed by atoms with Crippen molar-refractivity contribution in [1.29, 1.82) is 0 Å². The molecule has 10 nitrogen and oxygen atoms in total. The van der Waals surface area contributed by atoms with Crippen molar-refractivity contribution < 1.29 is 19.1 Å². The minimum Gasteiger partial charge on any atom is -0.452 e. The van der Waals surface area contributed by atoms with Crippen molar-refractivity contribution in [2.75, 3.05) is 19.1 Å². The zero-order valence-corrected chi connectivity index (χ0v) is 16.7. The normalized spacial score (nSPS) is 10.6. The van der Waals surface area contributed by atoms with Gasteiger partial charge in [-0.3, -0.25) is 19.2 Å². The smallest absolute Gasteiger partial charge is 0.413 e. The number of aromatic amines is 1. The zero-order chi connectivity index (χ0) is 21.8. The minimum atomic E-state index is -0.717. The number of carbonyl (C=O) groups is 2. The standard InChI is InChI=1S/C20H20N4O6/c1-4-9-24-16-15(17(25)22-19(24)27)10-12(11-21-16)18(26)30-14-7-5-13(6-8-14)23(2)20(28)29-3/h5-8,10-11H,4,9H2,1-3H3,(H,22,25,27). The molecule has 3 aromatic rings. The lowest BCUT2D eigenvalue weighted by molar-refractivity contribution is 0.0734. The molecule has 0 atom stereocenters. The van der Waals surface area contributed by atoms with Gasteiger partial charge >= 0.3 is 17.8 Å². The summed E-state index contributed by atoms with van der Waals surface area (Å²) in [7, 11) is 2.82. The molecule has 0 saturated heterocycles. The fourth-order valence-corrected chi connectivity index (χ4v) is 2.86. The quantitative estimate of drug-likeness (QED) is 0.501. The SMILES string of the molecule is CCCn1c(=O)[nH]c(=O)c2cc(C(=O)Oc3ccc(N(C)C(=O)OC)cc3)cnc21. The Morgan fingerprint density at radius 3 is 2.53 bits per heavy atom. The Bertz CT molecular complexity index is 1210. The number of pyridine rings is 1. The van der Waals surface area contributed by atoms with Crippen LogP contribution >= 0.6 is 0 Å². The summed E-state index contributed by atoms with van der Waals surface area (Å²) in [6.07, 6.45) is 1.40. The maximum atomic E-state index is 12.5. The molecule has 0 bridgehead atoms. The number of aromatic nitrogens is 3. The molecule has 2 heterocycles. The number of nitrogens with one attached hydrogen (secondary N) is 1. The number of aryl methyl sites for hydroxylation is 1. The molecule has 1 aromatic carbocycles. The van der Waals surface area contributed by atoms with Crippen molar-refractivity contribution in [2.24, 2.45) is 0 Å². The van der Waals surface area contributed by atoms with E-state index in [0.717, 1.165) is 0 Å². The number of fused-ring (bicyclic) bond motifs is 1. The highest BCUT2D eigenvalue weighted by atomic mass is 16.5. The van der Waals surface area contributed by atoms with Gasteiger partial charge in [0.15, 0.2) is 0 Å². The van der Waals surface area contributed by atoms with E-state index in [-0.39, 0.29) is 22.3 Å². The number of H-pyrrole nitrogens is 1. The van der Waals surface area contributed by atoms with E-state index < -0.39 is 23.3 Å². The average molecular weight is 412 g/mol. The van der Waals surface area contributed by atoms with Gasteiger partial charge in [0.1, 0.15) is 11.4 Å². The number of anilines is 1. The summed E-state index contributed by atoms with van der Waals surface area (Å²) in [5.74, 6) is -0.474. The summed E-state index contributed by atoms with van der Waals surface area (Å²) in [4.78, 5) is 55.8. The summed E-state index contributed by atoms with van der Waals surface area (Å²) in [5.41, 5.74) is -0.355. The molecule has 0 aliphatic carbocycles. The third kappa shape index (κ3) is 4.07. The van der Waals surface area contributed by atoms with Crippen LogP contribution in [0.3, 0.4) is 0 Å². The second-order valence-electron chi connectivity index (χ2n) is 6.42. The van der Waals surface area contributed by atoms with Crippen molar-refractivity contribution >= 4 is 28.8 Å². The van der Waals surface area contributed by atoms with E-state index in [0.29, 0.717) is 18.7 Å². The van der Waals surface area contributed by atoms with Gasteiger partial charge in [0.25, 0.3) is 5.56 Å². The van der Waals surface area contributed by atoms with Gasteiger partial charge in [0.2, 0.25) is 0 Å². The fraction of sp³-hybridized carbons (Fsp3) is 0.250. The number of hydrogen-bond acceptors (Lipinski definition) is 7. The number of nitrogens with zero attached hydrogens (tertiary/aromatic N) is 3. The summed E-state index contributed by atoms with van der Waals surface area (Å²) < 4.78 is 11.3. The van der Waals surface area contributed by atoms with Crippen molar-refractivity contribution in [1.82, 2.24) is 14.5 Å². The number of rotatable bonds is 5. The third-order valence-electron chi connectivity index (χ3n) is 4.40. The van der Waals surface area contributed by atoms with Gasteiger partial charge in [0, 0.05) is 25.5 Å². The molecule has 1 N–H and O–H groups in total. The lowest BCUT2D eigenvalue weighted by Gasteiger charge is -2.15. The van der Waals surface area contributed by atoms with E-state index in [2.05, 4.69) is 14.7 Å². The highest BCUT2D eigenvalue weighted by Gasteiger charge is 2.15. The molecular formula is C20H20N4O6. The Labute approximate surface area is 170 Å². The van der Waals surface area contributed by atoms with E-state index in [1.807, 2.05) is 6.92 Å². The summed E-state index contributed by atoms with van der Waals surface area (Å²) in [6.45, 7) is 2.28. The maximum absolute atomic E-state index is 12.5. The van der Waals surface area contributed by atoms with Crippen molar-refractivity contribution in [2.45, 2.75) is 19.9 Å². The predicted octanol–water partition coefficient (Wildman–Crippen LogP) is 1.92. The minimum absolute atomic E-state index is 0.0606. The van der Waals surface area contributed by atoms with Gasteiger partial charge in [0.05, 0.1) is 18.1 Å². The molecule has 0 aliphatic rings. The van der Waals surface area contributed by atoms with E-state index >= 15 is 0 Å².